The summed E-state index contributed by atoms with van der Waals surface area (Å²) in [6, 6.07) is 2.15. The summed E-state index contributed by atoms with van der Waals surface area (Å²) in [5.74, 6) is 3.44. The first kappa shape index (κ1) is 22.2. The van der Waals surface area contributed by atoms with Gasteiger partial charge in [-0.3, -0.25) is 4.68 Å². The van der Waals surface area contributed by atoms with Gasteiger partial charge < -0.3 is 5.11 Å². The van der Waals surface area contributed by atoms with Crippen LogP contribution in [-0.4, -0.2) is 20.5 Å². The smallest absolute Gasteiger partial charge is 0.102 e. The highest BCUT2D eigenvalue weighted by atomic mass is 16.3. The molecule has 0 aliphatic heterocycles. The Morgan fingerprint density at radius 3 is 2.75 bits per heavy atom. The van der Waals surface area contributed by atoms with E-state index in [1.54, 1.807) is 22.6 Å². The molecule has 0 spiro atoms. The first-order valence-corrected chi connectivity index (χ1v) is 13.0. The fourth-order valence-corrected chi connectivity index (χ4v) is 8.95. The van der Waals surface area contributed by atoms with Gasteiger partial charge in [-0.25, -0.2) is 0 Å². The van der Waals surface area contributed by atoms with Crippen molar-refractivity contribution in [1.29, 1.82) is 5.26 Å². The maximum atomic E-state index is 11.7. The summed E-state index contributed by atoms with van der Waals surface area (Å²) in [6.45, 7) is 10.0. The molecule has 1 aromatic rings. The van der Waals surface area contributed by atoms with E-state index in [4.69, 9.17) is 5.26 Å². The predicted octanol–water partition coefficient (Wildman–Crippen LogP) is 6.11. The molecule has 4 aliphatic rings. The quantitative estimate of drug-likeness (QED) is 0.583. The van der Waals surface area contributed by atoms with Crippen LogP contribution in [0, 0.1) is 51.8 Å². The van der Waals surface area contributed by atoms with Crippen molar-refractivity contribution >= 4 is 0 Å². The Kier molecular flexibility index (Phi) is 5.36. The van der Waals surface area contributed by atoms with Crippen molar-refractivity contribution in [1.82, 2.24) is 9.78 Å². The molecule has 2 unspecified atom stereocenters. The zero-order valence-corrected chi connectivity index (χ0v) is 20.5. The lowest BCUT2D eigenvalue weighted by Gasteiger charge is -2.57. The largest absolute Gasteiger partial charge is 0.388 e. The summed E-state index contributed by atoms with van der Waals surface area (Å²) >= 11 is 0. The van der Waals surface area contributed by atoms with Gasteiger partial charge in [0.1, 0.15) is 6.07 Å². The van der Waals surface area contributed by atoms with E-state index in [1.807, 2.05) is 6.92 Å². The van der Waals surface area contributed by atoms with E-state index in [-0.39, 0.29) is 11.3 Å². The molecule has 5 rings (SSSR count). The van der Waals surface area contributed by atoms with Crippen LogP contribution in [0.4, 0.5) is 0 Å². The Bertz CT molecular complexity index is 939. The van der Waals surface area contributed by atoms with Crippen LogP contribution in [-0.2, 0) is 6.54 Å². The van der Waals surface area contributed by atoms with E-state index in [0.29, 0.717) is 23.4 Å². The number of fused-ring (bicyclic) bond motifs is 5. The SMILES string of the molecule is C[C@@H]1CCC2=CC[C@@H]3C(CC[C@@]4(C)C3CC[C@@H]4[C@](C)(O)Cn3cc(C#N)cn3)[C@@]2(C)CC1. The third-order valence-corrected chi connectivity index (χ3v) is 10.7. The molecule has 8 atom stereocenters. The summed E-state index contributed by atoms with van der Waals surface area (Å²) in [7, 11) is 0. The van der Waals surface area contributed by atoms with Gasteiger partial charge in [0.25, 0.3) is 0 Å². The molecule has 3 saturated carbocycles. The van der Waals surface area contributed by atoms with Crippen molar-refractivity contribution in [3.05, 3.63) is 29.6 Å². The maximum Gasteiger partial charge on any atom is 0.102 e. The molecule has 0 amide bonds. The average molecular weight is 436 g/mol. The minimum Gasteiger partial charge on any atom is -0.388 e. The van der Waals surface area contributed by atoms with Crippen LogP contribution in [0.5, 0.6) is 0 Å². The monoisotopic (exact) mass is 435 g/mol. The third kappa shape index (κ3) is 3.38. The molecule has 0 bridgehead atoms. The number of nitrogens with zero attached hydrogens (tertiary/aromatic N) is 3. The number of aliphatic hydroxyl groups is 1. The molecular formula is C28H41N3O. The minimum absolute atomic E-state index is 0.190. The molecule has 1 aromatic heterocycles. The number of rotatable bonds is 3. The zero-order chi connectivity index (χ0) is 22.7. The summed E-state index contributed by atoms with van der Waals surface area (Å²) in [5.41, 5.74) is 2.12. The Balaban J connectivity index is 1.39. The Hall–Kier alpha value is -1.60. The van der Waals surface area contributed by atoms with E-state index >= 15 is 0 Å². The normalized spacial score (nSPS) is 43.1. The molecule has 0 saturated heterocycles. The van der Waals surface area contributed by atoms with Crippen molar-refractivity contribution in [3.63, 3.8) is 0 Å². The maximum absolute atomic E-state index is 11.7. The minimum atomic E-state index is -0.813. The fourth-order valence-electron chi connectivity index (χ4n) is 8.95. The Morgan fingerprint density at radius 1 is 1.19 bits per heavy atom. The van der Waals surface area contributed by atoms with Crippen LogP contribution in [0.3, 0.4) is 0 Å². The van der Waals surface area contributed by atoms with Crippen LogP contribution in [0.15, 0.2) is 24.0 Å². The van der Waals surface area contributed by atoms with Crippen LogP contribution in [0.1, 0.15) is 91.0 Å². The van der Waals surface area contributed by atoms with Gasteiger partial charge >= 0.3 is 0 Å². The second kappa shape index (κ2) is 7.73. The average Bonchev–Trinajstić information content (AvgIpc) is 3.31. The van der Waals surface area contributed by atoms with E-state index in [1.165, 1.54) is 51.4 Å². The molecule has 32 heavy (non-hydrogen) atoms. The van der Waals surface area contributed by atoms with Gasteiger partial charge in [0.05, 0.1) is 23.9 Å². The van der Waals surface area contributed by atoms with Gasteiger partial charge in [-0.2, -0.15) is 10.4 Å². The zero-order valence-electron chi connectivity index (χ0n) is 20.5. The van der Waals surface area contributed by atoms with E-state index < -0.39 is 5.60 Å². The van der Waals surface area contributed by atoms with Gasteiger partial charge in [-0.15, -0.1) is 0 Å². The molecule has 0 radical (unpaired) electrons. The number of allylic oxidation sites excluding steroid dienone is 2. The van der Waals surface area contributed by atoms with Crippen molar-refractivity contribution in [2.24, 2.45) is 40.4 Å². The molecule has 4 heteroatoms. The highest BCUT2D eigenvalue weighted by Crippen LogP contribution is 2.67. The van der Waals surface area contributed by atoms with Crippen molar-refractivity contribution in [2.45, 2.75) is 97.6 Å². The highest BCUT2D eigenvalue weighted by molar-refractivity contribution is 5.24. The first-order valence-electron chi connectivity index (χ1n) is 13.0. The fraction of sp³-hybridized carbons (Fsp3) is 0.786. The van der Waals surface area contributed by atoms with Crippen LogP contribution in [0.2, 0.25) is 0 Å². The van der Waals surface area contributed by atoms with Crippen LogP contribution < -0.4 is 0 Å². The van der Waals surface area contributed by atoms with Crippen LogP contribution in [0.25, 0.3) is 0 Å². The van der Waals surface area contributed by atoms with Crippen molar-refractivity contribution in [3.8, 4) is 6.07 Å². The molecular weight excluding hydrogens is 394 g/mol. The summed E-state index contributed by atoms with van der Waals surface area (Å²) in [5, 5.41) is 25.2. The summed E-state index contributed by atoms with van der Waals surface area (Å²) in [6.07, 6.45) is 17.6. The molecule has 174 valence electrons. The Labute approximate surface area is 194 Å². The lowest BCUT2D eigenvalue weighted by atomic mass is 9.48. The Morgan fingerprint density at radius 2 is 2.00 bits per heavy atom. The second-order valence-electron chi connectivity index (χ2n) is 12.5. The van der Waals surface area contributed by atoms with Crippen molar-refractivity contribution in [2.75, 3.05) is 0 Å². The van der Waals surface area contributed by atoms with Crippen molar-refractivity contribution < 1.29 is 5.11 Å². The van der Waals surface area contributed by atoms with Gasteiger partial charge in [0, 0.05) is 6.20 Å². The number of hydrogen-bond donors (Lipinski definition) is 1. The van der Waals surface area contributed by atoms with Gasteiger partial charge in [-0.1, -0.05) is 32.4 Å². The second-order valence-corrected chi connectivity index (χ2v) is 12.5. The first-order chi connectivity index (χ1) is 15.2. The molecule has 0 aromatic carbocycles. The van der Waals surface area contributed by atoms with E-state index in [2.05, 4.69) is 38.0 Å². The number of hydrogen-bond acceptors (Lipinski definition) is 3. The molecule has 1 N–H and O–H groups in total. The summed E-state index contributed by atoms with van der Waals surface area (Å²) in [4.78, 5) is 0. The topological polar surface area (TPSA) is 61.8 Å². The van der Waals surface area contributed by atoms with E-state index in [9.17, 15) is 5.11 Å². The molecule has 4 nitrogen and oxygen atoms in total. The molecule has 1 heterocycles. The standard InChI is InChI=1S/C28H41N3O/c1-19-5-6-21-7-8-22-23-9-10-25(28(4,32)18-31-17-20(15-29)16-30-31)27(23,3)14-12-24(22)26(21,2)13-11-19/h7,16-17,19,22-25,32H,5-6,8-14,18H2,1-4H3/t19-,22+,23?,24?,25+,26+,27+,28-/m1/s1. The number of nitriles is 1. The summed E-state index contributed by atoms with van der Waals surface area (Å²) < 4.78 is 1.77. The lowest BCUT2D eigenvalue weighted by Crippen LogP contribution is -2.53. The van der Waals surface area contributed by atoms with E-state index in [0.717, 1.165) is 24.2 Å². The van der Waals surface area contributed by atoms with Crippen LogP contribution >= 0.6 is 0 Å². The highest BCUT2D eigenvalue weighted by Gasteiger charge is 2.61. The lowest BCUT2D eigenvalue weighted by molar-refractivity contribution is -0.105. The molecule has 3 fully saturated rings. The van der Waals surface area contributed by atoms with Gasteiger partial charge in [-0.05, 0) is 105 Å². The van der Waals surface area contributed by atoms with Gasteiger partial charge in [0.15, 0.2) is 0 Å². The predicted molar refractivity (Wildman–Crippen MR) is 127 cm³/mol. The van der Waals surface area contributed by atoms with Gasteiger partial charge in [0.2, 0.25) is 0 Å². The number of aromatic nitrogens is 2. The molecule has 4 aliphatic carbocycles. The third-order valence-electron chi connectivity index (χ3n) is 10.7.